The van der Waals surface area contributed by atoms with E-state index in [0.29, 0.717) is 39.5 Å². The number of hydrogen-bond donors (Lipinski definition) is 3. The zero-order chi connectivity index (χ0) is 30.3. The molecule has 1 aromatic heterocycles. The number of amides is 2. The molecule has 2 fully saturated rings. The molecule has 1 unspecified atom stereocenters. The molecule has 0 radical (unpaired) electrons. The van der Waals surface area contributed by atoms with Gasteiger partial charge in [0.25, 0.3) is 5.91 Å². The van der Waals surface area contributed by atoms with E-state index >= 15 is 0 Å². The first-order chi connectivity index (χ1) is 20.0. The molecule has 2 saturated heterocycles. The summed E-state index contributed by atoms with van der Waals surface area (Å²) in [5.41, 5.74) is 0.311. The molecule has 2 aliphatic rings. The van der Waals surface area contributed by atoms with Crippen LogP contribution in [0.2, 0.25) is 0 Å². The van der Waals surface area contributed by atoms with Gasteiger partial charge in [-0.25, -0.2) is 4.39 Å². The minimum atomic E-state index is -3.51. The fourth-order valence-corrected chi connectivity index (χ4v) is 5.05. The summed E-state index contributed by atoms with van der Waals surface area (Å²) in [6, 6.07) is 5.45. The van der Waals surface area contributed by atoms with Gasteiger partial charge in [-0.1, -0.05) is 23.9 Å². The van der Waals surface area contributed by atoms with E-state index in [9.17, 15) is 27.6 Å². The smallest absolute Gasteiger partial charge is 0.353 e. The number of nitrogens with one attached hydrogen (secondary N) is 3. The van der Waals surface area contributed by atoms with Crippen LogP contribution in [0, 0.1) is 17.7 Å². The molecule has 10 nitrogen and oxygen atoms in total. The van der Waals surface area contributed by atoms with E-state index in [4.69, 9.17) is 9.26 Å². The molecule has 228 valence electrons. The van der Waals surface area contributed by atoms with Crippen molar-refractivity contribution in [3.8, 4) is 11.3 Å². The van der Waals surface area contributed by atoms with E-state index in [1.807, 2.05) is 0 Å². The van der Waals surface area contributed by atoms with Crippen molar-refractivity contribution in [3.05, 3.63) is 54.1 Å². The summed E-state index contributed by atoms with van der Waals surface area (Å²) in [5, 5.41) is 12.4. The SMILES string of the molecule is C=C(N[C@@H](C[C@@H]1CCNC1=O)C(=O)COC(C)(F)F)C(CC1CCOCC1)NC(=O)c1cc(-c2ccccc2F)on1. The van der Waals surface area contributed by atoms with Crippen LogP contribution in [0.3, 0.4) is 0 Å². The number of benzene rings is 1. The molecule has 3 atom stereocenters. The zero-order valence-corrected chi connectivity index (χ0v) is 23.3. The van der Waals surface area contributed by atoms with E-state index in [1.165, 1.54) is 24.3 Å². The second kappa shape index (κ2) is 14.0. The number of aromatic nitrogens is 1. The molecule has 13 heteroatoms. The van der Waals surface area contributed by atoms with Gasteiger partial charge in [-0.05, 0) is 50.2 Å². The first kappa shape index (κ1) is 31.2. The summed E-state index contributed by atoms with van der Waals surface area (Å²) in [7, 11) is 0. The summed E-state index contributed by atoms with van der Waals surface area (Å²) in [6.07, 6.45) is -1.07. The van der Waals surface area contributed by atoms with Crippen LogP contribution in [0.15, 0.2) is 47.1 Å². The molecule has 4 rings (SSSR count). The number of halogens is 3. The fraction of sp³-hybridized carbons (Fsp3) is 0.517. The molecule has 0 aliphatic carbocycles. The quantitative estimate of drug-likeness (QED) is 0.303. The Bertz CT molecular complexity index is 1270. The molecule has 42 heavy (non-hydrogen) atoms. The van der Waals surface area contributed by atoms with Gasteiger partial charge in [0.15, 0.2) is 17.2 Å². The lowest BCUT2D eigenvalue weighted by Crippen LogP contribution is -2.48. The Kier molecular flexibility index (Phi) is 10.4. The predicted molar refractivity (Wildman–Crippen MR) is 145 cm³/mol. The number of hydrogen-bond acceptors (Lipinski definition) is 8. The van der Waals surface area contributed by atoms with Gasteiger partial charge in [0, 0.05) is 44.4 Å². The van der Waals surface area contributed by atoms with Gasteiger partial charge in [-0.2, -0.15) is 8.78 Å². The van der Waals surface area contributed by atoms with Crippen molar-refractivity contribution < 1.29 is 41.6 Å². The lowest BCUT2D eigenvalue weighted by molar-refractivity contribution is -0.223. The molecule has 2 amide bonds. The summed E-state index contributed by atoms with van der Waals surface area (Å²) in [5.74, 6) is -2.34. The minimum absolute atomic E-state index is 0.0373. The highest BCUT2D eigenvalue weighted by molar-refractivity contribution is 5.93. The van der Waals surface area contributed by atoms with Gasteiger partial charge in [-0.3, -0.25) is 14.4 Å². The Hall–Kier alpha value is -3.71. The third kappa shape index (κ3) is 8.65. The fourth-order valence-electron chi connectivity index (χ4n) is 5.05. The van der Waals surface area contributed by atoms with E-state index in [2.05, 4.69) is 32.4 Å². The van der Waals surface area contributed by atoms with Gasteiger partial charge >= 0.3 is 6.11 Å². The number of ether oxygens (including phenoxy) is 2. The lowest BCUT2D eigenvalue weighted by Gasteiger charge is -2.31. The summed E-state index contributed by atoms with van der Waals surface area (Å²) >= 11 is 0. The van der Waals surface area contributed by atoms with E-state index < -0.39 is 48.2 Å². The Morgan fingerprint density at radius 2 is 1.90 bits per heavy atom. The van der Waals surface area contributed by atoms with E-state index in [0.717, 1.165) is 12.8 Å². The molecule has 3 heterocycles. The third-order valence-electron chi connectivity index (χ3n) is 7.42. The second-order valence-corrected chi connectivity index (χ2v) is 10.7. The molecule has 2 aliphatic heterocycles. The van der Waals surface area contributed by atoms with Crippen molar-refractivity contribution in [1.82, 2.24) is 21.1 Å². The Morgan fingerprint density at radius 3 is 2.57 bits per heavy atom. The Balaban J connectivity index is 1.51. The monoisotopic (exact) mass is 592 g/mol. The average Bonchev–Trinajstić information content (AvgIpc) is 3.61. The van der Waals surface area contributed by atoms with E-state index in [-0.39, 0.29) is 41.0 Å². The summed E-state index contributed by atoms with van der Waals surface area (Å²) < 4.78 is 56.0. The molecule has 3 N–H and O–H groups in total. The van der Waals surface area contributed by atoms with Crippen molar-refractivity contribution in [1.29, 1.82) is 0 Å². The van der Waals surface area contributed by atoms with Crippen LogP contribution >= 0.6 is 0 Å². The number of Topliss-reactive ketones (excluding diaryl/α,β-unsaturated/α-hetero) is 1. The molecular formula is C29H35F3N4O6. The maximum absolute atomic E-state index is 14.2. The van der Waals surface area contributed by atoms with Crippen molar-refractivity contribution in [2.24, 2.45) is 11.8 Å². The average molecular weight is 593 g/mol. The number of carbonyl (C=O) groups is 3. The van der Waals surface area contributed by atoms with Crippen molar-refractivity contribution in [2.75, 3.05) is 26.4 Å². The van der Waals surface area contributed by atoms with E-state index in [1.54, 1.807) is 6.07 Å². The Labute approximate surface area is 241 Å². The standard InChI is InChI=1S/C29H35F3N4O6/c1-17(34-23(14-19-7-10-33-27(19)38)25(37)16-41-29(2,31)32)22(13-18-8-11-40-12-9-18)35-28(39)24-15-26(42-36-24)20-5-3-4-6-21(20)30/h3-6,15,18-19,22-23,34H,1,7-14,16H2,2H3,(H,33,38)(H,35,39)/t19-,22?,23-/m0/s1. The van der Waals surface area contributed by atoms with Crippen molar-refractivity contribution in [3.63, 3.8) is 0 Å². The normalized spacial score (nSPS) is 19.1. The van der Waals surface area contributed by atoms with Gasteiger partial charge in [0.05, 0.1) is 17.6 Å². The first-order valence-electron chi connectivity index (χ1n) is 13.9. The summed E-state index contributed by atoms with van der Waals surface area (Å²) in [6.45, 7) is 5.28. The number of nitrogens with zero attached hydrogens (tertiary/aromatic N) is 1. The maximum atomic E-state index is 14.2. The third-order valence-corrected chi connectivity index (χ3v) is 7.42. The highest BCUT2D eigenvalue weighted by atomic mass is 19.3. The van der Waals surface area contributed by atoms with Crippen LogP contribution in [0.5, 0.6) is 0 Å². The van der Waals surface area contributed by atoms with Crippen LogP contribution in [0.1, 0.15) is 49.5 Å². The molecular weight excluding hydrogens is 557 g/mol. The molecule has 2 aromatic rings. The largest absolute Gasteiger partial charge is 0.381 e. The number of alkyl halides is 2. The molecule has 0 bridgehead atoms. The van der Waals surface area contributed by atoms with Gasteiger partial charge in [-0.15, -0.1) is 0 Å². The highest BCUT2D eigenvalue weighted by Gasteiger charge is 2.34. The number of ketones is 1. The van der Waals surface area contributed by atoms with Crippen LogP contribution in [0.25, 0.3) is 11.3 Å². The van der Waals surface area contributed by atoms with Crippen molar-refractivity contribution in [2.45, 2.75) is 57.2 Å². The molecule has 0 saturated carbocycles. The minimum Gasteiger partial charge on any atom is -0.381 e. The zero-order valence-electron chi connectivity index (χ0n) is 23.3. The molecule has 0 spiro atoms. The van der Waals surface area contributed by atoms with Crippen LogP contribution in [-0.4, -0.2) is 67.3 Å². The first-order valence-corrected chi connectivity index (χ1v) is 13.9. The lowest BCUT2D eigenvalue weighted by atomic mass is 9.90. The second-order valence-electron chi connectivity index (χ2n) is 10.7. The number of carbonyl (C=O) groups excluding carboxylic acids is 3. The van der Waals surface area contributed by atoms with Crippen LogP contribution < -0.4 is 16.0 Å². The number of rotatable bonds is 14. The van der Waals surface area contributed by atoms with Crippen LogP contribution in [-0.2, 0) is 19.1 Å². The predicted octanol–water partition coefficient (Wildman–Crippen LogP) is 3.59. The Morgan fingerprint density at radius 1 is 1.17 bits per heavy atom. The van der Waals surface area contributed by atoms with Crippen molar-refractivity contribution >= 4 is 17.6 Å². The topological polar surface area (TPSA) is 132 Å². The molecule has 1 aromatic carbocycles. The van der Waals surface area contributed by atoms with Gasteiger partial charge in [0.2, 0.25) is 5.91 Å². The van der Waals surface area contributed by atoms with Crippen LogP contribution in [0.4, 0.5) is 13.2 Å². The summed E-state index contributed by atoms with van der Waals surface area (Å²) in [4.78, 5) is 38.5. The highest BCUT2D eigenvalue weighted by Crippen LogP contribution is 2.26. The van der Waals surface area contributed by atoms with Gasteiger partial charge in [0.1, 0.15) is 12.4 Å². The maximum Gasteiger partial charge on any atom is 0.353 e. The van der Waals surface area contributed by atoms with Gasteiger partial charge < -0.3 is 29.9 Å².